The number of hydrogen-bond donors (Lipinski definition) is 2. The highest BCUT2D eigenvalue weighted by atomic mass is 127. The van der Waals surface area contributed by atoms with Crippen molar-refractivity contribution >= 4 is 29.9 Å². The topological polar surface area (TPSA) is 58.1 Å². The maximum absolute atomic E-state index is 5.47. The van der Waals surface area contributed by atoms with E-state index in [0.717, 1.165) is 51.1 Å². The van der Waals surface area contributed by atoms with E-state index in [0.29, 0.717) is 5.92 Å². The minimum Gasteiger partial charge on any atom is -0.496 e. The van der Waals surface area contributed by atoms with Crippen molar-refractivity contribution in [1.82, 2.24) is 15.5 Å². The first-order valence-electron chi connectivity index (χ1n) is 9.38. The lowest BCUT2D eigenvalue weighted by atomic mass is 10.00. The predicted octanol–water partition coefficient (Wildman–Crippen LogP) is 2.69. The van der Waals surface area contributed by atoms with Crippen LogP contribution in [0, 0.1) is 0 Å². The first kappa shape index (κ1) is 24.0. The number of hydrogen-bond acceptors (Lipinski definition) is 4. The largest absolute Gasteiger partial charge is 0.496 e. The Balaban J connectivity index is 0.00000364. The first-order valence-corrected chi connectivity index (χ1v) is 9.38. The van der Waals surface area contributed by atoms with Crippen LogP contribution in [0.1, 0.15) is 32.3 Å². The van der Waals surface area contributed by atoms with Crippen LogP contribution in [0.3, 0.4) is 0 Å². The number of halogens is 1. The van der Waals surface area contributed by atoms with Gasteiger partial charge in [0.05, 0.1) is 20.3 Å². The number of nitrogens with one attached hydrogen (secondary N) is 2. The standard InChI is InChI=1S/C20H34N4O2.HI/c1-16(17-8-6-7-9-18(17)25-5)14-22-19(21-4)23-15-20(2,3)24-10-12-26-13-11-24;/h6-9,16H,10-15H2,1-5H3,(H2,21,22,23);1H. The van der Waals surface area contributed by atoms with Crippen LogP contribution in [-0.4, -0.2) is 69.9 Å². The van der Waals surface area contributed by atoms with Crippen molar-refractivity contribution in [2.75, 3.05) is 53.6 Å². The molecule has 1 heterocycles. The number of nitrogens with zero attached hydrogens (tertiary/aromatic N) is 2. The molecular weight excluding hydrogens is 455 g/mol. The van der Waals surface area contributed by atoms with Crippen molar-refractivity contribution in [1.29, 1.82) is 0 Å². The van der Waals surface area contributed by atoms with Crippen molar-refractivity contribution in [2.45, 2.75) is 32.2 Å². The summed E-state index contributed by atoms with van der Waals surface area (Å²) in [6.07, 6.45) is 0. The van der Waals surface area contributed by atoms with E-state index in [1.54, 1.807) is 7.11 Å². The third-order valence-electron chi connectivity index (χ3n) is 5.02. The van der Waals surface area contributed by atoms with Gasteiger partial charge in [-0.3, -0.25) is 9.89 Å². The maximum Gasteiger partial charge on any atom is 0.191 e. The summed E-state index contributed by atoms with van der Waals surface area (Å²) in [5.41, 5.74) is 1.25. The van der Waals surface area contributed by atoms with Crippen LogP contribution in [0.4, 0.5) is 0 Å². The van der Waals surface area contributed by atoms with Gasteiger partial charge in [0.1, 0.15) is 5.75 Å². The first-order chi connectivity index (χ1) is 12.5. The van der Waals surface area contributed by atoms with E-state index in [9.17, 15) is 0 Å². The molecule has 1 fully saturated rings. The molecule has 1 unspecified atom stereocenters. The van der Waals surface area contributed by atoms with Crippen molar-refractivity contribution in [3.05, 3.63) is 29.8 Å². The summed E-state index contributed by atoms with van der Waals surface area (Å²) >= 11 is 0. The van der Waals surface area contributed by atoms with Crippen LogP contribution in [0.25, 0.3) is 0 Å². The third kappa shape index (κ3) is 7.12. The van der Waals surface area contributed by atoms with E-state index >= 15 is 0 Å². The lowest BCUT2D eigenvalue weighted by Crippen LogP contribution is -2.56. The number of para-hydroxylation sites is 1. The van der Waals surface area contributed by atoms with Crippen molar-refractivity contribution in [3.8, 4) is 5.75 Å². The second kappa shape index (κ2) is 11.7. The summed E-state index contributed by atoms with van der Waals surface area (Å²) in [7, 11) is 3.53. The Bertz CT molecular complexity index is 589. The normalized spacial score (nSPS) is 17.0. The second-order valence-corrected chi connectivity index (χ2v) is 7.36. The second-order valence-electron chi connectivity index (χ2n) is 7.36. The molecule has 2 rings (SSSR count). The highest BCUT2D eigenvalue weighted by molar-refractivity contribution is 14.0. The fraction of sp³-hybridized carbons (Fsp3) is 0.650. The van der Waals surface area contributed by atoms with Gasteiger partial charge < -0.3 is 20.1 Å². The van der Waals surface area contributed by atoms with Gasteiger partial charge in [-0.25, -0.2) is 0 Å². The van der Waals surface area contributed by atoms with Crippen molar-refractivity contribution in [3.63, 3.8) is 0 Å². The molecule has 0 aromatic heterocycles. The Morgan fingerprint density at radius 1 is 1.26 bits per heavy atom. The van der Waals surface area contributed by atoms with Crippen LogP contribution in [-0.2, 0) is 4.74 Å². The Morgan fingerprint density at radius 2 is 1.93 bits per heavy atom. The van der Waals surface area contributed by atoms with Crippen LogP contribution < -0.4 is 15.4 Å². The summed E-state index contributed by atoms with van der Waals surface area (Å²) in [5.74, 6) is 2.07. The minimum atomic E-state index is 0. The average molecular weight is 490 g/mol. The van der Waals surface area contributed by atoms with Gasteiger partial charge in [-0.2, -0.15) is 0 Å². The minimum absolute atomic E-state index is 0. The summed E-state index contributed by atoms with van der Waals surface area (Å²) in [6, 6.07) is 8.16. The van der Waals surface area contributed by atoms with Gasteiger partial charge >= 0.3 is 0 Å². The van der Waals surface area contributed by atoms with Crippen LogP contribution in [0.2, 0.25) is 0 Å². The van der Waals surface area contributed by atoms with Gasteiger partial charge in [0.25, 0.3) is 0 Å². The molecule has 0 aliphatic carbocycles. The molecule has 2 N–H and O–H groups in total. The van der Waals surface area contributed by atoms with E-state index in [-0.39, 0.29) is 29.5 Å². The summed E-state index contributed by atoms with van der Waals surface area (Å²) < 4.78 is 10.9. The zero-order chi connectivity index (χ0) is 19.0. The zero-order valence-corrected chi connectivity index (χ0v) is 19.6. The molecule has 0 spiro atoms. The molecule has 1 aliphatic heterocycles. The lowest BCUT2D eigenvalue weighted by Gasteiger charge is -2.41. The maximum atomic E-state index is 5.47. The molecule has 27 heavy (non-hydrogen) atoms. The van der Waals surface area contributed by atoms with Gasteiger partial charge in [0.2, 0.25) is 0 Å². The number of benzene rings is 1. The van der Waals surface area contributed by atoms with E-state index in [1.807, 2.05) is 25.2 Å². The molecule has 1 saturated heterocycles. The smallest absolute Gasteiger partial charge is 0.191 e. The predicted molar refractivity (Wildman–Crippen MR) is 123 cm³/mol. The zero-order valence-electron chi connectivity index (χ0n) is 17.2. The molecule has 7 heteroatoms. The Morgan fingerprint density at radius 3 is 2.56 bits per heavy atom. The fourth-order valence-electron chi connectivity index (χ4n) is 3.23. The monoisotopic (exact) mass is 490 g/mol. The van der Waals surface area contributed by atoms with Crippen molar-refractivity contribution in [2.24, 2.45) is 4.99 Å². The number of aliphatic imine (C=N–C) groups is 1. The number of ether oxygens (including phenoxy) is 2. The van der Waals surface area contributed by atoms with Crippen LogP contribution >= 0.6 is 24.0 Å². The highest BCUT2D eigenvalue weighted by Crippen LogP contribution is 2.25. The van der Waals surface area contributed by atoms with Gasteiger partial charge in [0, 0.05) is 44.7 Å². The molecule has 1 aromatic carbocycles. The molecule has 154 valence electrons. The van der Waals surface area contributed by atoms with Gasteiger partial charge in [-0.1, -0.05) is 25.1 Å². The average Bonchev–Trinajstić information content (AvgIpc) is 2.68. The van der Waals surface area contributed by atoms with E-state index in [2.05, 4.69) is 47.4 Å². The molecule has 0 bridgehead atoms. The number of methoxy groups -OCH3 is 1. The SMILES string of the molecule is CN=C(NCC(C)c1ccccc1OC)NCC(C)(C)N1CCOCC1.I. The molecule has 1 aliphatic rings. The van der Waals surface area contributed by atoms with E-state index < -0.39 is 0 Å². The Labute approximate surface area is 181 Å². The summed E-state index contributed by atoms with van der Waals surface area (Å²) in [4.78, 5) is 6.83. The molecule has 0 saturated carbocycles. The van der Waals surface area contributed by atoms with Crippen molar-refractivity contribution < 1.29 is 9.47 Å². The number of morpholine rings is 1. The van der Waals surface area contributed by atoms with E-state index in [4.69, 9.17) is 9.47 Å². The van der Waals surface area contributed by atoms with Crippen LogP contribution in [0.15, 0.2) is 29.3 Å². The van der Waals surface area contributed by atoms with Crippen LogP contribution in [0.5, 0.6) is 5.75 Å². The highest BCUT2D eigenvalue weighted by Gasteiger charge is 2.28. The summed E-state index contributed by atoms with van der Waals surface area (Å²) in [5, 5.41) is 6.90. The third-order valence-corrected chi connectivity index (χ3v) is 5.02. The summed E-state index contributed by atoms with van der Waals surface area (Å²) in [6.45, 7) is 11.9. The molecule has 6 nitrogen and oxygen atoms in total. The Kier molecular flexibility index (Phi) is 10.4. The molecule has 1 aromatic rings. The van der Waals surface area contributed by atoms with Gasteiger partial charge in [-0.15, -0.1) is 24.0 Å². The van der Waals surface area contributed by atoms with Gasteiger partial charge in [-0.05, 0) is 25.5 Å². The number of rotatable bonds is 7. The fourth-order valence-corrected chi connectivity index (χ4v) is 3.23. The molecule has 1 atom stereocenters. The van der Waals surface area contributed by atoms with Gasteiger partial charge in [0.15, 0.2) is 5.96 Å². The Hall–Kier alpha value is -1.06. The van der Waals surface area contributed by atoms with E-state index in [1.165, 1.54) is 5.56 Å². The quantitative estimate of drug-likeness (QED) is 0.350. The molecule has 0 amide bonds. The molecule has 0 radical (unpaired) electrons. The molecular formula is C20H35IN4O2. The number of guanidine groups is 1. The lowest BCUT2D eigenvalue weighted by molar-refractivity contribution is -0.00834.